The number of hydrazone groups is 1. The summed E-state index contributed by atoms with van der Waals surface area (Å²) in [6.45, 7) is 4.37. The van der Waals surface area contributed by atoms with Crippen LogP contribution in [0.4, 0.5) is 0 Å². The maximum Gasteiger partial charge on any atom is 0.289 e. The number of benzene rings is 2. The molecule has 0 saturated heterocycles. The second kappa shape index (κ2) is 8.18. The number of amides is 1. The van der Waals surface area contributed by atoms with Gasteiger partial charge in [0.15, 0.2) is 0 Å². The summed E-state index contributed by atoms with van der Waals surface area (Å²) in [7, 11) is 0. The van der Waals surface area contributed by atoms with Crippen molar-refractivity contribution in [2.45, 2.75) is 13.8 Å². The number of aromatic hydroxyl groups is 1. The van der Waals surface area contributed by atoms with Gasteiger partial charge in [-0.3, -0.25) is 9.89 Å². The lowest BCUT2D eigenvalue weighted by atomic mass is 10.1. The van der Waals surface area contributed by atoms with Crippen molar-refractivity contribution in [2.24, 2.45) is 5.10 Å². The maximum atomic E-state index is 12.3. The molecule has 0 aliphatic heterocycles. The Labute approximate surface area is 156 Å². The lowest BCUT2D eigenvalue weighted by molar-refractivity contribution is 0.0949. The number of nitrogens with zero attached hydrogens (tertiary/aromatic N) is 2. The number of phenolic OH excluding ortho intramolecular Hbond substituents is 1. The predicted molar refractivity (Wildman–Crippen MR) is 103 cm³/mol. The van der Waals surface area contributed by atoms with Crippen LogP contribution in [0.3, 0.4) is 0 Å². The van der Waals surface area contributed by atoms with Crippen LogP contribution >= 0.6 is 0 Å². The number of carbonyl (C=O) groups excluding carboxylic acids is 1. The molecule has 0 atom stereocenters. The third-order valence-electron chi connectivity index (χ3n) is 3.95. The fourth-order valence-corrected chi connectivity index (χ4v) is 2.56. The van der Waals surface area contributed by atoms with E-state index in [9.17, 15) is 9.90 Å². The van der Waals surface area contributed by atoms with E-state index >= 15 is 0 Å². The molecule has 0 aliphatic carbocycles. The number of aromatic amines is 1. The van der Waals surface area contributed by atoms with Crippen molar-refractivity contribution in [3.05, 3.63) is 65.4 Å². The first-order valence-electron chi connectivity index (χ1n) is 8.49. The predicted octanol–water partition coefficient (Wildman–Crippen LogP) is 3.25. The Kier molecular flexibility index (Phi) is 5.51. The van der Waals surface area contributed by atoms with Gasteiger partial charge in [-0.2, -0.15) is 10.2 Å². The Bertz CT molecular complexity index is 944. The number of hydrogen-bond acceptors (Lipinski definition) is 5. The summed E-state index contributed by atoms with van der Waals surface area (Å²) in [5.74, 6) is 0.578. The molecule has 0 spiro atoms. The van der Waals surface area contributed by atoms with Gasteiger partial charge in [-0.05, 0) is 67.9 Å². The topological polar surface area (TPSA) is 99.6 Å². The van der Waals surface area contributed by atoms with Gasteiger partial charge in [0.25, 0.3) is 5.91 Å². The van der Waals surface area contributed by atoms with E-state index in [0.29, 0.717) is 18.0 Å². The van der Waals surface area contributed by atoms with Gasteiger partial charge in [0.2, 0.25) is 0 Å². The summed E-state index contributed by atoms with van der Waals surface area (Å²) in [6.07, 6.45) is 1.50. The molecule has 0 fully saturated rings. The zero-order chi connectivity index (χ0) is 19.2. The lowest BCUT2D eigenvalue weighted by Gasteiger charge is -2.04. The zero-order valence-corrected chi connectivity index (χ0v) is 15.1. The molecule has 1 aromatic heterocycles. The van der Waals surface area contributed by atoms with E-state index in [1.165, 1.54) is 6.21 Å². The molecule has 0 saturated carbocycles. The van der Waals surface area contributed by atoms with Crippen LogP contribution in [0, 0.1) is 6.92 Å². The Morgan fingerprint density at radius 3 is 2.59 bits per heavy atom. The molecule has 0 unspecified atom stereocenters. The fourth-order valence-electron chi connectivity index (χ4n) is 2.56. The van der Waals surface area contributed by atoms with Crippen molar-refractivity contribution >= 4 is 12.1 Å². The van der Waals surface area contributed by atoms with Crippen LogP contribution < -0.4 is 10.2 Å². The number of phenols is 1. The monoisotopic (exact) mass is 364 g/mol. The van der Waals surface area contributed by atoms with Gasteiger partial charge in [-0.15, -0.1) is 0 Å². The molecule has 7 nitrogen and oxygen atoms in total. The van der Waals surface area contributed by atoms with Crippen LogP contribution in [0.2, 0.25) is 0 Å². The average Bonchev–Trinajstić information content (AvgIpc) is 3.06. The minimum atomic E-state index is -0.382. The van der Waals surface area contributed by atoms with Crippen LogP contribution in [0.25, 0.3) is 11.3 Å². The molecule has 3 rings (SSSR count). The SMILES string of the molecule is CCOc1ccc(-c2n[nH]c(C(=O)N/N=C\c3ccc(O)cc3)c2C)cc1. The van der Waals surface area contributed by atoms with Gasteiger partial charge < -0.3 is 9.84 Å². The van der Waals surface area contributed by atoms with E-state index in [1.807, 2.05) is 38.1 Å². The third kappa shape index (κ3) is 4.33. The molecule has 0 aliphatic rings. The summed E-state index contributed by atoms with van der Waals surface area (Å²) < 4.78 is 5.44. The zero-order valence-electron chi connectivity index (χ0n) is 15.1. The number of H-pyrrole nitrogens is 1. The molecular weight excluding hydrogens is 344 g/mol. The number of nitrogens with one attached hydrogen (secondary N) is 2. The Hall–Kier alpha value is -3.61. The molecular formula is C20H20N4O3. The van der Waals surface area contributed by atoms with Crippen LogP contribution in [-0.4, -0.2) is 34.0 Å². The van der Waals surface area contributed by atoms with Crippen molar-refractivity contribution in [1.82, 2.24) is 15.6 Å². The van der Waals surface area contributed by atoms with E-state index in [4.69, 9.17) is 4.74 Å². The van der Waals surface area contributed by atoms with E-state index in [0.717, 1.165) is 22.4 Å². The fraction of sp³-hybridized carbons (Fsp3) is 0.150. The van der Waals surface area contributed by atoms with Gasteiger partial charge in [0.05, 0.1) is 18.5 Å². The van der Waals surface area contributed by atoms with Gasteiger partial charge >= 0.3 is 0 Å². The first kappa shape index (κ1) is 18.2. The number of rotatable bonds is 6. The minimum Gasteiger partial charge on any atom is -0.508 e. The molecule has 0 bridgehead atoms. The highest BCUT2D eigenvalue weighted by atomic mass is 16.5. The molecule has 3 aromatic rings. The van der Waals surface area contributed by atoms with Crippen LogP contribution in [0.1, 0.15) is 28.5 Å². The quantitative estimate of drug-likeness (QED) is 0.462. The van der Waals surface area contributed by atoms with Crippen molar-refractivity contribution < 1.29 is 14.6 Å². The molecule has 138 valence electrons. The largest absolute Gasteiger partial charge is 0.508 e. The molecule has 1 amide bonds. The highest BCUT2D eigenvalue weighted by molar-refractivity contribution is 5.96. The van der Waals surface area contributed by atoms with Gasteiger partial charge in [-0.25, -0.2) is 5.43 Å². The molecule has 0 radical (unpaired) electrons. The highest BCUT2D eigenvalue weighted by Gasteiger charge is 2.16. The van der Waals surface area contributed by atoms with Crippen LogP contribution in [0.15, 0.2) is 53.6 Å². The Morgan fingerprint density at radius 2 is 1.93 bits per heavy atom. The number of carbonyl (C=O) groups is 1. The molecule has 3 N–H and O–H groups in total. The van der Waals surface area contributed by atoms with Crippen molar-refractivity contribution in [3.8, 4) is 22.8 Å². The molecule has 1 heterocycles. The second-order valence-electron chi connectivity index (χ2n) is 5.82. The van der Waals surface area contributed by atoms with Crippen molar-refractivity contribution in [3.63, 3.8) is 0 Å². The highest BCUT2D eigenvalue weighted by Crippen LogP contribution is 2.25. The molecule has 2 aromatic carbocycles. The standard InChI is InChI=1S/C20H20N4O3/c1-3-27-17-10-6-15(7-11-17)18-13(2)19(23-22-18)20(26)24-21-12-14-4-8-16(25)9-5-14/h4-12,25H,3H2,1-2H3,(H,22,23)(H,24,26)/b21-12-. The first-order valence-corrected chi connectivity index (χ1v) is 8.49. The number of hydrogen-bond donors (Lipinski definition) is 3. The maximum absolute atomic E-state index is 12.3. The second-order valence-corrected chi connectivity index (χ2v) is 5.82. The number of ether oxygens (including phenoxy) is 1. The van der Waals surface area contributed by atoms with Crippen molar-refractivity contribution in [2.75, 3.05) is 6.61 Å². The Morgan fingerprint density at radius 1 is 1.22 bits per heavy atom. The summed E-state index contributed by atoms with van der Waals surface area (Å²) in [4.78, 5) is 12.3. The van der Waals surface area contributed by atoms with Gasteiger partial charge in [0, 0.05) is 11.1 Å². The van der Waals surface area contributed by atoms with Crippen LogP contribution in [-0.2, 0) is 0 Å². The van der Waals surface area contributed by atoms with E-state index in [1.54, 1.807) is 24.3 Å². The van der Waals surface area contributed by atoms with Gasteiger partial charge in [0.1, 0.15) is 17.2 Å². The summed E-state index contributed by atoms with van der Waals surface area (Å²) >= 11 is 0. The van der Waals surface area contributed by atoms with E-state index in [-0.39, 0.29) is 11.7 Å². The summed E-state index contributed by atoms with van der Waals surface area (Å²) in [5, 5.41) is 20.2. The molecule has 7 heteroatoms. The first-order chi connectivity index (χ1) is 13.1. The van der Waals surface area contributed by atoms with E-state index in [2.05, 4.69) is 20.7 Å². The van der Waals surface area contributed by atoms with Crippen molar-refractivity contribution in [1.29, 1.82) is 0 Å². The lowest BCUT2D eigenvalue weighted by Crippen LogP contribution is -2.19. The summed E-state index contributed by atoms with van der Waals surface area (Å²) in [6, 6.07) is 14.0. The summed E-state index contributed by atoms with van der Waals surface area (Å²) in [5.41, 5.74) is 5.89. The van der Waals surface area contributed by atoms with Gasteiger partial charge in [-0.1, -0.05) is 0 Å². The van der Waals surface area contributed by atoms with Crippen LogP contribution in [0.5, 0.6) is 11.5 Å². The van der Waals surface area contributed by atoms with E-state index < -0.39 is 0 Å². The third-order valence-corrected chi connectivity index (χ3v) is 3.95. The minimum absolute atomic E-state index is 0.172. The number of aromatic nitrogens is 2. The average molecular weight is 364 g/mol. The normalized spacial score (nSPS) is 10.9. The smallest absolute Gasteiger partial charge is 0.289 e. The molecule has 27 heavy (non-hydrogen) atoms. The Balaban J connectivity index is 1.70.